The van der Waals surface area contributed by atoms with E-state index in [0.717, 1.165) is 43.9 Å². The Hall–Kier alpha value is -2.49. The summed E-state index contributed by atoms with van der Waals surface area (Å²) in [6, 6.07) is 15.1. The first-order valence-electron chi connectivity index (χ1n) is 10.4. The number of ether oxygens (including phenoxy) is 1. The summed E-state index contributed by atoms with van der Waals surface area (Å²) in [6.45, 7) is 7.34. The van der Waals surface area contributed by atoms with Gasteiger partial charge in [0.2, 0.25) is 5.91 Å². The molecule has 0 aromatic heterocycles. The minimum Gasteiger partial charge on any atom is -0.489 e. The second-order valence-electron chi connectivity index (χ2n) is 8.20. The van der Waals surface area contributed by atoms with Crippen LogP contribution in [0.1, 0.15) is 42.4 Å². The van der Waals surface area contributed by atoms with Crippen LogP contribution in [0, 0.1) is 13.8 Å². The van der Waals surface area contributed by atoms with Crippen molar-refractivity contribution in [2.45, 2.75) is 52.1 Å². The highest BCUT2D eigenvalue weighted by Crippen LogP contribution is 2.36. The maximum absolute atomic E-state index is 12.9. The van der Waals surface area contributed by atoms with Gasteiger partial charge in [-0.3, -0.25) is 4.79 Å². The van der Waals surface area contributed by atoms with Crippen LogP contribution in [-0.4, -0.2) is 36.5 Å². The van der Waals surface area contributed by atoms with Gasteiger partial charge in [-0.25, -0.2) is 0 Å². The number of carbonyl (C=O) groups is 1. The Balaban J connectivity index is 1.57. The molecule has 2 aromatic rings. The van der Waals surface area contributed by atoms with E-state index < -0.39 is 0 Å². The van der Waals surface area contributed by atoms with Gasteiger partial charge in [-0.2, -0.15) is 0 Å². The minimum atomic E-state index is 0.0611. The first-order chi connectivity index (χ1) is 13.6. The maximum atomic E-state index is 12.9. The SMILES string of the molecule is Cc1ccc(CN2c3ccc(C)cc3OCC2CC(=O)N2CCCCC2)cc1. The molecule has 1 saturated heterocycles. The number of aryl methyl sites for hydroxylation is 2. The molecule has 148 valence electrons. The number of hydrogen-bond donors (Lipinski definition) is 0. The molecule has 0 spiro atoms. The molecule has 2 heterocycles. The van der Waals surface area contributed by atoms with E-state index >= 15 is 0 Å². The van der Waals surface area contributed by atoms with Crippen molar-refractivity contribution in [1.29, 1.82) is 0 Å². The number of likely N-dealkylation sites (tertiary alicyclic amines) is 1. The number of amides is 1. The van der Waals surface area contributed by atoms with E-state index in [9.17, 15) is 4.79 Å². The summed E-state index contributed by atoms with van der Waals surface area (Å²) in [4.78, 5) is 17.3. The van der Waals surface area contributed by atoms with Gasteiger partial charge >= 0.3 is 0 Å². The molecule has 4 nitrogen and oxygen atoms in total. The monoisotopic (exact) mass is 378 g/mol. The zero-order valence-electron chi connectivity index (χ0n) is 17.0. The molecule has 0 radical (unpaired) electrons. The van der Waals surface area contributed by atoms with Gasteiger partial charge in [-0.1, -0.05) is 35.9 Å². The zero-order valence-corrected chi connectivity index (χ0v) is 17.0. The Morgan fingerprint density at radius 3 is 2.46 bits per heavy atom. The van der Waals surface area contributed by atoms with Crippen molar-refractivity contribution in [3.05, 3.63) is 59.2 Å². The summed E-state index contributed by atoms with van der Waals surface area (Å²) in [5, 5.41) is 0. The maximum Gasteiger partial charge on any atom is 0.224 e. The highest BCUT2D eigenvalue weighted by Gasteiger charge is 2.31. The number of nitrogens with zero attached hydrogens (tertiary/aromatic N) is 2. The van der Waals surface area contributed by atoms with Crippen LogP contribution in [-0.2, 0) is 11.3 Å². The molecule has 2 aliphatic heterocycles. The smallest absolute Gasteiger partial charge is 0.224 e. The van der Waals surface area contributed by atoms with Crippen LogP contribution in [0.4, 0.5) is 5.69 Å². The summed E-state index contributed by atoms with van der Waals surface area (Å²) in [7, 11) is 0. The van der Waals surface area contributed by atoms with Gasteiger partial charge in [0, 0.05) is 19.6 Å². The summed E-state index contributed by atoms with van der Waals surface area (Å²) in [5.41, 5.74) is 4.80. The second kappa shape index (κ2) is 8.26. The van der Waals surface area contributed by atoms with Crippen LogP contribution in [0.15, 0.2) is 42.5 Å². The fourth-order valence-electron chi connectivity index (χ4n) is 4.19. The molecular weight excluding hydrogens is 348 g/mol. The Morgan fingerprint density at radius 2 is 1.71 bits per heavy atom. The molecule has 0 bridgehead atoms. The number of fused-ring (bicyclic) bond motifs is 1. The Bertz CT molecular complexity index is 825. The van der Waals surface area contributed by atoms with Crippen molar-refractivity contribution in [1.82, 2.24) is 4.90 Å². The van der Waals surface area contributed by atoms with E-state index in [1.807, 2.05) is 4.90 Å². The summed E-state index contributed by atoms with van der Waals surface area (Å²) >= 11 is 0. The summed E-state index contributed by atoms with van der Waals surface area (Å²) in [5.74, 6) is 1.19. The first-order valence-corrected chi connectivity index (χ1v) is 10.4. The number of anilines is 1. The highest BCUT2D eigenvalue weighted by atomic mass is 16.5. The average molecular weight is 379 g/mol. The first kappa shape index (κ1) is 18.9. The van der Waals surface area contributed by atoms with Gasteiger partial charge in [0.1, 0.15) is 12.4 Å². The quantitative estimate of drug-likeness (QED) is 0.787. The largest absolute Gasteiger partial charge is 0.489 e. The van der Waals surface area contributed by atoms with Crippen LogP contribution < -0.4 is 9.64 Å². The Kier molecular flexibility index (Phi) is 5.56. The van der Waals surface area contributed by atoms with Crippen LogP contribution in [0.2, 0.25) is 0 Å². The lowest BCUT2D eigenvalue weighted by atomic mass is 10.0. The molecular formula is C24H30N2O2. The lowest BCUT2D eigenvalue weighted by molar-refractivity contribution is -0.132. The van der Waals surface area contributed by atoms with Crippen molar-refractivity contribution < 1.29 is 9.53 Å². The molecule has 4 heteroatoms. The van der Waals surface area contributed by atoms with Gasteiger partial charge in [0.15, 0.2) is 0 Å². The average Bonchev–Trinajstić information content (AvgIpc) is 2.71. The third-order valence-electron chi connectivity index (χ3n) is 5.89. The molecule has 1 unspecified atom stereocenters. The van der Waals surface area contributed by atoms with Gasteiger partial charge in [0.25, 0.3) is 0 Å². The second-order valence-corrected chi connectivity index (χ2v) is 8.20. The molecule has 1 atom stereocenters. The number of rotatable bonds is 4. The summed E-state index contributed by atoms with van der Waals surface area (Å²) in [6.07, 6.45) is 4.01. The lowest BCUT2D eigenvalue weighted by Gasteiger charge is -2.39. The third kappa shape index (κ3) is 4.16. The molecule has 2 aromatic carbocycles. The van der Waals surface area contributed by atoms with E-state index in [0.29, 0.717) is 13.0 Å². The topological polar surface area (TPSA) is 32.8 Å². The predicted molar refractivity (Wildman–Crippen MR) is 113 cm³/mol. The van der Waals surface area contributed by atoms with Gasteiger partial charge < -0.3 is 14.5 Å². The molecule has 2 aliphatic rings. The van der Waals surface area contributed by atoms with E-state index in [4.69, 9.17) is 4.74 Å². The van der Waals surface area contributed by atoms with Crippen molar-refractivity contribution in [2.24, 2.45) is 0 Å². The van der Waals surface area contributed by atoms with Crippen LogP contribution in [0.3, 0.4) is 0 Å². The predicted octanol–water partition coefficient (Wildman–Crippen LogP) is 4.47. The molecule has 0 aliphatic carbocycles. The number of benzene rings is 2. The van der Waals surface area contributed by atoms with Crippen LogP contribution >= 0.6 is 0 Å². The fraction of sp³-hybridized carbons (Fsp3) is 0.458. The van der Waals surface area contributed by atoms with E-state index in [-0.39, 0.29) is 11.9 Å². The summed E-state index contributed by atoms with van der Waals surface area (Å²) < 4.78 is 6.08. The van der Waals surface area contributed by atoms with Gasteiger partial charge in [-0.15, -0.1) is 0 Å². The van der Waals surface area contributed by atoms with Crippen molar-refractivity contribution in [2.75, 3.05) is 24.6 Å². The molecule has 28 heavy (non-hydrogen) atoms. The molecule has 1 fully saturated rings. The zero-order chi connectivity index (χ0) is 19.5. The molecule has 4 rings (SSSR count). The third-order valence-corrected chi connectivity index (χ3v) is 5.89. The number of carbonyl (C=O) groups excluding carboxylic acids is 1. The molecule has 0 N–H and O–H groups in total. The van der Waals surface area contributed by atoms with E-state index in [1.54, 1.807) is 0 Å². The number of hydrogen-bond acceptors (Lipinski definition) is 3. The highest BCUT2D eigenvalue weighted by molar-refractivity contribution is 5.78. The van der Waals surface area contributed by atoms with Crippen LogP contribution in [0.25, 0.3) is 0 Å². The van der Waals surface area contributed by atoms with Gasteiger partial charge in [0.05, 0.1) is 18.2 Å². The van der Waals surface area contributed by atoms with Crippen molar-refractivity contribution in [3.63, 3.8) is 0 Å². The van der Waals surface area contributed by atoms with E-state index in [1.165, 1.54) is 23.1 Å². The Labute approximate surface area is 168 Å². The van der Waals surface area contributed by atoms with Crippen molar-refractivity contribution in [3.8, 4) is 5.75 Å². The Morgan fingerprint density at radius 1 is 1.00 bits per heavy atom. The fourth-order valence-corrected chi connectivity index (χ4v) is 4.19. The normalized spacial score (nSPS) is 19.1. The van der Waals surface area contributed by atoms with E-state index in [2.05, 4.69) is 61.2 Å². The molecule has 0 saturated carbocycles. The number of piperidine rings is 1. The lowest BCUT2D eigenvalue weighted by Crippen LogP contribution is -2.47. The minimum absolute atomic E-state index is 0.0611. The van der Waals surface area contributed by atoms with Gasteiger partial charge in [-0.05, 0) is 56.4 Å². The standard InChI is InChI=1S/C24H30N2O2/c1-18-6-9-20(10-7-18)16-26-21(15-24(27)25-12-4-3-5-13-25)17-28-23-14-19(2)8-11-22(23)26/h6-11,14,21H,3-5,12-13,15-17H2,1-2H3. The van der Waals surface area contributed by atoms with Crippen molar-refractivity contribution >= 4 is 11.6 Å². The molecule has 1 amide bonds. The van der Waals surface area contributed by atoms with Crippen LogP contribution in [0.5, 0.6) is 5.75 Å².